The van der Waals surface area contributed by atoms with Gasteiger partial charge >= 0.3 is 0 Å². The molecule has 1 aromatic rings. The summed E-state index contributed by atoms with van der Waals surface area (Å²) in [6, 6.07) is 8.27. The summed E-state index contributed by atoms with van der Waals surface area (Å²) >= 11 is 0. The summed E-state index contributed by atoms with van der Waals surface area (Å²) < 4.78 is 30.5. The molecule has 0 spiro atoms. The number of piperazine rings is 1. The van der Waals surface area contributed by atoms with Gasteiger partial charge in [-0.1, -0.05) is 18.2 Å². The highest BCUT2D eigenvalue weighted by Gasteiger charge is 2.26. The molecule has 3 rings (SSSR count). The van der Waals surface area contributed by atoms with Crippen LogP contribution >= 0.6 is 0 Å². The zero-order valence-electron chi connectivity index (χ0n) is 13.1. The lowest BCUT2D eigenvalue weighted by atomic mass is 9.96. The van der Waals surface area contributed by atoms with Crippen molar-refractivity contribution in [3.8, 4) is 5.75 Å². The number of para-hydroxylation sites is 1. The van der Waals surface area contributed by atoms with E-state index in [0.717, 1.165) is 44.8 Å². The lowest BCUT2D eigenvalue weighted by Crippen LogP contribution is -2.49. The van der Waals surface area contributed by atoms with Crippen LogP contribution in [0.1, 0.15) is 12.0 Å². The van der Waals surface area contributed by atoms with Gasteiger partial charge in [-0.2, -0.15) is 4.31 Å². The topological polar surface area (TPSA) is 49.9 Å². The highest BCUT2D eigenvalue weighted by molar-refractivity contribution is 7.88. The molecule has 0 aromatic heterocycles. The highest BCUT2D eigenvalue weighted by atomic mass is 32.2. The van der Waals surface area contributed by atoms with Crippen LogP contribution in [-0.2, 0) is 16.4 Å². The van der Waals surface area contributed by atoms with Crippen molar-refractivity contribution in [2.24, 2.45) is 5.92 Å². The Kier molecular flexibility index (Phi) is 4.70. The van der Waals surface area contributed by atoms with E-state index in [2.05, 4.69) is 17.0 Å². The van der Waals surface area contributed by atoms with Crippen LogP contribution in [-0.4, -0.2) is 63.2 Å². The maximum atomic E-state index is 11.6. The molecule has 5 nitrogen and oxygen atoms in total. The second-order valence-corrected chi connectivity index (χ2v) is 8.26. The van der Waals surface area contributed by atoms with Crippen LogP contribution in [0.4, 0.5) is 0 Å². The van der Waals surface area contributed by atoms with E-state index in [9.17, 15) is 8.42 Å². The molecule has 0 N–H and O–H groups in total. The minimum Gasteiger partial charge on any atom is -0.493 e. The monoisotopic (exact) mass is 324 g/mol. The van der Waals surface area contributed by atoms with E-state index in [1.165, 1.54) is 11.8 Å². The first kappa shape index (κ1) is 15.8. The predicted octanol–water partition coefficient (Wildman–Crippen LogP) is 1.20. The molecule has 2 heterocycles. The van der Waals surface area contributed by atoms with E-state index in [4.69, 9.17) is 4.74 Å². The lowest BCUT2D eigenvalue weighted by Gasteiger charge is -2.35. The minimum absolute atomic E-state index is 0.577. The molecule has 0 unspecified atom stereocenters. The number of fused-ring (bicyclic) bond motifs is 1. The van der Waals surface area contributed by atoms with Crippen molar-refractivity contribution in [1.82, 2.24) is 9.21 Å². The van der Waals surface area contributed by atoms with Crippen molar-refractivity contribution in [1.29, 1.82) is 0 Å². The molecular formula is C16H24N2O3S. The zero-order valence-corrected chi connectivity index (χ0v) is 13.9. The van der Waals surface area contributed by atoms with Gasteiger partial charge in [0.05, 0.1) is 12.9 Å². The van der Waals surface area contributed by atoms with Gasteiger partial charge in [0.2, 0.25) is 10.0 Å². The van der Waals surface area contributed by atoms with Gasteiger partial charge in [0, 0.05) is 32.7 Å². The number of sulfonamides is 1. The molecule has 0 aliphatic carbocycles. The summed E-state index contributed by atoms with van der Waals surface area (Å²) in [7, 11) is -3.04. The van der Waals surface area contributed by atoms with Gasteiger partial charge in [-0.3, -0.25) is 0 Å². The molecule has 0 amide bonds. The fourth-order valence-corrected chi connectivity index (χ4v) is 4.15. The van der Waals surface area contributed by atoms with E-state index in [1.54, 1.807) is 4.31 Å². The third kappa shape index (κ3) is 3.80. The number of rotatable bonds is 3. The standard InChI is InChI=1S/C16H24N2O3S/c1-22(19,20)18-9-7-17(8-10-18)13-14-6-11-21-16-5-3-2-4-15(16)12-14/h2-5,14H,6-13H2,1H3/t14-/m0/s1. The molecule has 1 fully saturated rings. The summed E-state index contributed by atoms with van der Waals surface area (Å²) in [5.41, 5.74) is 1.29. The third-order valence-corrected chi connectivity index (χ3v) is 5.88. The molecule has 1 aromatic carbocycles. The average molecular weight is 324 g/mol. The molecule has 0 bridgehead atoms. The first-order valence-corrected chi connectivity index (χ1v) is 9.75. The number of hydrogen-bond acceptors (Lipinski definition) is 4. The van der Waals surface area contributed by atoms with Gasteiger partial charge in [0.25, 0.3) is 0 Å². The second kappa shape index (κ2) is 6.56. The molecule has 0 radical (unpaired) electrons. The molecule has 2 aliphatic rings. The summed E-state index contributed by atoms with van der Waals surface area (Å²) in [5.74, 6) is 1.60. The molecule has 122 valence electrons. The Morgan fingerprint density at radius 3 is 2.64 bits per heavy atom. The number of benzene rings is 1. The first-order chi connectivity index (χ1) is 10.5. The molecular weight excluding hydrogens is 300 g/mol. The molecule has 1 atom stereocenters. The van der Waals surface area contributed by atoms with Crippen molar-refractivity contribution in [2.45, 2.75) is 12.8 Å². The molecule has 0 saturated carbocycles. The van der Waals surface area contributed by atoms with Gasteiger partial charge < -0.3 is 9.64 Å². The van der Waals surface area contributed by atoms with Crippen LogP contribution in [0.3, 0.4) is 0 Å². The van der Waals surface area contributed by atoms with Crippen LogP contribution < -0.4 is 4.74 Å². The smallest absolute Gasteiger partial charge is 0.211 e. The Hall–Kier alpha value is -1.11. The summed E-state index contributed by atoms with van der Waals surface area (Å²) in [5, 5.41) is 0. The van der Waals surface area contributed by atoms with Crippen LogP contribution in [0.5, 0.6) is 5.75 Å². The highest BCUT2D eigenvalue weighted by Crippen LogP contribution is 2.27. The van der Waals surface area contributed by atoms with Gasteiger partial charge in [-0.15, -0.1) is 0 Å². The fourth-order valence-electron chi connectivity index (χ4n) is 3.33. The molecule has 22 heavy (non-hydrogen) atoms. The van der Waals surface area contributed by atoms with Gasteiger partial charge in [0.15, 0.2) is 0 Å². The van der Waals surface area contributed by atoms with Crippen molar-refractivity contribution in [3.63, 3.8) is 0 Å². The van der Waals surface area contributed by atoms with Gasteiger partial charge in [-0.05, 0) is 30.4 Å². The van der Waals surface area contributed by atoms with Crippen molar-refractivity contribution < 1.29 is 13.2 Å². The van der Waals surface area contributed by atoms with E-state index >= 15 is 0 Å². The number of hydrogen-bond donors (Lipinski definition) is 0. The SMILES string of the molecule is CS(=O)(=O)N1CCN(C[C@H]2CCOc3ccccc3C2)CC1. The van der Waals surface area contributed by atoms with E-state index in [0.29, 0.717) is 19.0 Å². The van der Waals surface area contributed by atoms with Gasteiger partial charge in [-0.25, -0.2) is 8.42 Å². The molecule has 2 aliphatic heterocycles. The minimum atomic E-state index is -3.04. The quantitative estimate of drug-likeness (QED) is 0.838. The zero-order chi connectivity index (χ0) is 15.6. The predicted molar refractivity (Wildman–Crippen MR) is 86.6 cm³/mol. The largest absolute Gasteiger partial charge is 0.493 e. The lowest BCUT2D eigenvalue weighted by molar-refractivity contribution is 0.157. The Labute approximate surface area is 132 Å². The average Bonchev–Trinajstić information content (AvgIpc) is 2.68. The summed E-state index contributed by atoms with van der Waals surface area (Å²) in [6.07, 6.45) is 3.39. The Morgan fingerprint density at radius 1 is 1.18 bits per heavy atom. The Bertz CT molecular complexity index is 610. The summed E-state index contributed by atoms with van der Waals surface area (Å²) in [6.45, 7) is 4.66. The van der Waals surface area contributed by atoms with Crippen molar-refractivity contribution in [2.75, 3.05) is 45.6 Å². The molecule has 1 saturated heterocycles. The van der Waals surface area contributed by atoms with Crippen molar-refractivity contribution in [3.05, 3.63) is 29.8 Å². The van der Waals surface area contributed by atoms with E-state index < -0.39 is 10.0 Å². The third-order valence-electron chi connectivity index (χ3n) is 4.58. The van der Waals surface area contributed by atoms with Crippen molar-refractivity contribution >= 4 is 10.0 Å². The number of nitrogens with zero attached hydrogens (tertiary/aromatic N) is 2. The van der Waals surface area contributed by atoms with Crippen LogP contribution in [0, 0.1) is 5.92 Å². The maximum absolute atomic E-state index is 11.6. The summed E-state index contributed by atoms with van der Waals surface area (Å²) in [4.78, 5) is 2.39. The van der Waals surface area contributed by atoms with Crippen LogP contribution in [0.25, 0.3) is 0 Å². The van der Waals surface area contributed by atoms with E-state index in [1.807, 2.05) is 12.1 Å². The fraction of sp³-hybridized carbons (Fsp3) is 0.625. The maximum Gasteiger partial charge on any atom is 0.211 e. The second-order valence-electron chi connectivity index (χ2n) is 6.28. The van der Waals surface area contributed by atoms with Gasteiger partial charge in [0.1, 0.15) is 5.75 Å². The molecule has 6 heteroatoms. The Balaban J connectivity index is 1.56. The Morgan fingerprint density at radius 2 is 1.91 bits per heavy atom. The van der Waals surface area contributed by atoms with Crippen LogP contribution in [0.15, 0.2) is 24.3 Å². The van der Waals surface area contributed by atoms with Crippen LogP contribution in [0.2, 0.25) is 0 Å². The number of ether oxygens (including phenoxy) is 1. The first-order valence-electron chi connectivity index (χ1n) is 7.90. The van der Waals surface area contributed by atoms with E-state index in [-0.39, 0.29) is 0 Å². The normalized spacial score (nSPS) is 24.3.